The standard InChI is InChI=1S/C25H23N3O5S/c1-15-16(2)34-21(20(15)22(30)33-3)26-19(29)14-28-23(31)25(27-24(28)32,17-10-6-4-7-11-17)18-12-8-5-9-13-18/h4-13H,14H2,1-3H3,(H,26,29)(H,27,32). The first-order chi connectivity index (χ1) is 16.3. The second kappa shape index (κ2) is 9.11. The summed E-state index contributed by atoms with van der Waals surface area (Å²) >= 11 is 1.23. The fourth-order valence-corrected chi connectivity index (χ4v) is 5.09. The van der Waals surface area contributed by atoms with Gasteiger partial charge in [-0.25, -0.2) is 9.59 Å². The number of esters is 1. The molecule has 8 nitrogen and oxygen atoms in total. The number of rotatable bonds is 6. The number of carbonyl (C=O) groups excluding carboxylic acids is 4. The highest BCUT2D eigenvalue weighted by Crippen LogP contribution is 2.36. The zero-order valence-corrected chi connectivity index (χ0v) is 19.7. The third kappa shape index (κ3) is 3.84. The van der Waals surface area contributed by atoms with Gasteiger partial charge in [-0.3, -0.25) is 14.5 Å². The Labute approximate surface area is 200 Å². The molecule has 2 N–H and O–H groups in total. The second-order valence-electron chi connectivity index (χ2n) is 7.83. The van der Waals surface area contributed by atoms with Gasteiger partial charge in [-0.2, -0.15) is 0 Å². The number of ether oxygens (including phenoxy) is 1. The maximum absolute atomic E-state index is 13.7. The molecule has 0 atom stereocenters. The Balaban J connectivity index is 1.64. The molecule has 9 heteroatoms. The average molecular weight is 478 g/mol. The summed E-state index contributed by atoms with van der Waals surface area (Å²) in [5.74, 6) is -1.73. The fourth-order valence-electron chi connectivity index (χ4n) is 4.03. The Morgan fingerprint density at radius 2 is 1.56 bits per heavy atom. The lowest BCUT2D eigenvalue weighted by Crippen LogP contribution is -2.45. The number of urea groups is 1. The summed E-state index contributed by atoms with van der Waals surface area (Å²) in [6.45, 7) is 3.08. The van der Waals surface area contributed by atoms with Gasteiger partial charge in [-0.1, -0.05) is 60.7 Å². The van der Waals surface area contributed by atoms with E-state index in [0.717, 1.165) is 9.78 Å². The van der Waals surface area contributed by atoms with Crippen LogP contribution in [0.5, 0.6) is 0 Å². The number of nitrogens with zero attached hydrogens (tertiary/aromatic N) is 1. The van der Waals surface area contributed by atoms with Crippen LogP contribution in [0, 0.1) is 13.8 Å². The van der Waals surface area contributed by atoms with Crippen molar-refractivity contribution in [3.63, 3.8) is 0 Å². The molecule has 34 heavy (non-hydrogen) atoms. The third-order valence-corrected chi connectivity index (χ3v) is 6.97. The molecule has 2 heterocycles. The Morgan fingerprint density at radius 1 is 1.00 bits per heavy atom. The van der Waals surface area contributed by atoms with Crippen LogP contribution < -0.4 is 10.6 Å². The van der Waals surface area contributed by atoms with Gasteiger partial charge in [0.05, 0.1) is 12.7 Å². The van der Waals surface area contributed by atoms with Gasteiger partial charge >= 0.3 is 12.0 Å². The maximum atomic E-state index is 13.7. The molecule has 1 fully saturated rings. The van der Waals surface area contributed by atoms with Gasteiger partial charge in [-0.15, -0.1) is 11.3 Å². The molecule has 2 aromatic carbocycles. The second-order valence-corrected chi connectivity index (χ2v) is 9.06. The summed E-state index contributed by atoms with van der Waals surface area (Å²) < 4.78 is 4.83. The van der Waals surface area contributed by atoms with Gasteiger partial charge in [0.1, 0.15) is 11.5 Å². The molecule has 1 saturated heterocycles. The number of aryl methyl sites for hydroxylation is 1. The van der Waals surface area contributed by atoms with Crippen LogP contribution in [0.3, 0.4) is 0 Å². The fraction of sp³-hybridized carbons (Fsp3) is 0.200. The zero-order valence-electron chi connectivity index (χ0n) is 18.9. The van der Waals surface area contributed by atoms with Gasteiger partial charge in [0.2, 0.25) is 5.91 Å². The lowest BCUT2D eigenvalue weighted by atomic mass is 9.82. The number of anilines is 1. The summed E-state index contributed by atoms with van der Waals surface area (Å²) in [4.78, 5) is 53.5. The molecule has 1 aliphatic rings. The highest BCUT2D eigenvalue weighted by atomic mass is 32.1. The van der Waals surface area contributed by atoms with E-state index in [1.54, 1.807) is 55.5 Å². The Hall–Kier alpha value is -3.98. The molecule has 0 unspecified atom stereocenters. The molecule has 1 aromatic heterocycles. The SMILES string of the molecule is COC(=O)c1c(NC(=O)CN2C(=O)NC(c3ccccc3)(c3ccccc3)C2=O)sc(C)c1C. The van der Waals surface area contributed by atoms with Gasteiger partial charge in [0.15, 0.2) is 5.54 Å². The molecule has 0 radical (unpaired) electrons. The molecule has 4 rings (SSSR count). The zero-order chi connectivity index (χ0) is 24.5. The van der Waals surface area contributed by atoms with E-state index in [2.05, 4.69) is 10.6 Å². The van der Waals surface area contributed by atoms with Crippen LogP contribution in [0.15, 0.2) is 60.7 Å². The molecule has 1 aliphatic heterocycles. The Bertz CT molecular complexity index is 1230. The van der Waals surface area contributed by atoms with Crippen molar-refractivity contribution in [2.24, 2.45) is 0 Å². The highest BCUT2D eigenvalue weighted by molar-refractivity contribution is 7.16. The number of hydrogen-bond acceptors (Lipinski definition) is 6. The number of amides is 4. The van der Waals surface area contributed by atoms with Crippen molar-refractivity contribution in [3.8, 4) is 0 Å². The van der Waals surface area contributed by atoms with Crippen LogP contribution in [0.4, 0.5) is 9.80 Å². The molecule has 4 amide bonds. The molecule has 174 valence electrons. The summed E-state index contributed by atoms with van der Waals surface area (Å²) in [5, 5.41) is 5.79. The van der Waals surface area contributed by atoms with Crippen LogP contribution >= 0.6 is 11.3 Å². The van der Waals surface area contributed by atoms with Gasteiger partial charge < -0.3 is 15.4 Å². The van der Waals surface area contributed by atoms with E-state index >= 15 is 0 Å². The van der Waals surface area contributed by atoms with Crippen molar-refractivity contribution in [1.29, 1.82) is 0 Å². The van der Waals surface area contributed by atoms with Crippen LogP contribution in [-0.2, 0) is 19.9 Å². The highest BCUT2D eigenvalue weighted by Gasteiger charge is 2.54. The third-order valence-electron chi connectivity index (χ3n) is 5.85. The minimum Gasteiger partial charge on any atom is -0.465 e. The molecule has 3 aromatic rings. The molecular weight excluding hydrogens is 454 g/mol. The Morgan fingerprint density at radius 3 is 2.09 bits per heavy atom. The number of carbonyl (C=O) groups is 4. The first kappa shape index (κ1) is 23.2. The van der Waals surface area contributed by atoms with Gasteiger partial charge in [0, 0.05) is 4.88 Å². The van der Waals surface area contributed by atoms with Crippen molar-refractivity contribution in [1.82, 2.24) is 10.2 Å². The van der Waals surface area contributed by atoms with Crippen molar-refractivity contribution in [2.45, 2.75) is 19.4 Å². The van der Waals surface area contributed by atoms with E-state index in [-0.39, 0.29) is 5.56 Å². The minimum atomic E-state index is -1.45. The van der Waals surface area contributed by atoms with Gasteiger partial charge in [-0.05, 0) is 30.5 Å². The van der Waals surface area contributed by atoms with Crippen molar-refractivity contribution >= 4 is 40.2 Å². The topological polar surface area (TPSA) is 105 Å². The number of imide groups is 1. The summed E-state index contributed by atoms with van der Waals surface area (Å²) in [6, 6.07) is 17.1. The number of methoxy groups -OCH3 is 1. The predicted octanol–water partition coefficient (Wildman–Crippen LogP) is 3.59. The Kier molecular flexibility index (Phi) is 6.21. The van der Waals surface area contributed by atoms with Crippen LogP contribution in [0.1, 0.15) is 31.9 Å². The molecule has 0 saturated carbocycles. The number of nitrogens with one attached hydrogen (secondary N) is 2. The summed E-state index contributed by atoms with van der Waals surface area (Å²) in [5.41, 5.74) is 0.681. The molecular formula is C25H23N3O5S. The van der Waals surface area contributed by atoms with E-state index in [1.807, 2.05) is 19.1 Å². The summed E-state index contributed by atoms with van der Waals surface area (Å²) in [6.07, 6.45) is 0. The minimum absolute atomic E-state index is 0.262. The van der Waals surface area contributed by atoms with E-state index in [4.69, 9.17) is 4.74 Å². The number of benzene rings is 2. The van der Waals surface area contributed by atoms with E-state index in [0.29, 0.717) is 21.7 Å². The van der Waals surface area contributed by atoms with Crippen LogP contribution in [0.2, 0.25) is 0 Å². The lowest BCUT2D eigenvalue weighted by Gasteiger charge is -2.27. The molecule has 0 aliphatic carbocycles. The van der Waals surface area contributed by atoms with E-state index in [1.165, 1.54) is 18.4 Å². The van der Waals surface area contributed by atoms with E-state index < -0.39 is 35.9 Å². The maximum Gasteiger partial charge on any atom is 0.341 e. The first-order valence-corrected chi connectivity index (χ1v) is 11.3. The van der Waals surface area contributed by atoms with Crippen molar-refractivity contribution in [2.75, 3.05) is 19.0 Å². The van der Waals surface area contributed by atoms with Crippen LogP contribution in [-0.4, -0.2) is 42.4 Å². The first-order valence-electron chi connectivity index (χ1n) is 10.5. The molecule has 0 spiro atoms. The molecule has 0 bridgehead atoms. The number of thiophene rings is 1. The predicted molar refractivity (Wildman–Crippen MR) is 128 cm³/mol. The van der Waals surface area contributed by atoms with Crippen molar-refractivity contribution < 1.29 is 23.9 Å². The van der Waals surface area contributed by atoms with E-state index in [9.17, 15) is 19.2 Å². The largest absolute Gasteiger partial charge is 0.465 e. The van der Waals surface area contributed by atoms with Crippen LogP contribution in [0.25, 0.3) is 0 Å². The normalized spacial score (nSPS) is 14.6. The van der Waals surface area contributed by atoms with Gasteiger partial charge in [0.25, 0.3) is 5.91 Å². The number of hydrogen-bond donors (Lipinski definition) is 2. The monoisotopic (exact) mass is 477 g/mol. The van der Waals surface area contributed by atoms with Crippen molar-refractivity contribution in [3.05, 3.63) is 87.8 Å². The smallest absolute Gasteiger partial charge is 0.341 e. The quantitative estimate of drug-likeness (QED) is 0.417. The lowest BCUT2D eigenvalue weighted by molar-refractivity contribution is -0.133. The average Bonchev–Trinajstić information content (AvgIpc) is 3.27. The summed E-state index contributed by atoms with van der Waals surface area (Å²) in [7, 11) is 1.26.